The van der Waals surface area contributed by atoms with Gasteiger partial charge in [-0.25, -0.2) is 13.8 Å². The van der Waals surface area contributed by atoms with Crippen LogP contribution in [0, 0.1) is 11.6 Å². The van der Waals surface area contributed by atoms with E-state index in [2.05, 4.69) is 15.3 Å². The van der Waals surface area contributed by atoms with Crippen LogP contribution in [0.2, 0.25) is 0 Å². The molecule has 4 N–H and O–H groups in total. The van der Waals surface area contributed by atoms with E-state index in [-0.39, 0.29) is 36.1 Å². The molecule has 0 aliphatic rings. The van der Waals surface area contributed by atoms with Gasteiger partial charge in [0.05, 0.1) is 18.1 Å². The van der Waals surface area contributed by atoms with Crippen LogP contribution in [0.25, 0.3) is 11.0 Å². The van der Waals surface area contributed by atoms with Crippen molar-refractivity contribution in [1.82, 2.24) is 19.4 Å². The lowest BCUT2D eigenvalue weighted by Crippen LogP contribution is -2.37. The SMILES string of the molecule is CN(C)C(=O)/C=C/CCC(N)C(=O)Nc1cccn(Cc2nc3c(Oc4ccc(F)cc4F)cccc3[nH]2)c1=O. The van der Waals surface area contributed by atoms with Gasteiger partial charge < -0.3 is 30.2 Å². The van der Waals surface area contributed by atoms with Gasteiger partial charge in [0.25, 0.3) is 5.56 Å². The molecule has 2 heterocycles. The van der Waals surface area contributed by atoms with E-state index in [0.29, 0.717) is 23.3 Å². The molecule has 0 radical (unpaired) electrons. The Morgan fingerprint density at radius 3 is 2.73 bits per heavy atom. The molecule has 0 fully saturated rings. The number of para-hydroxylation sites is 1. The summed E-state index contributed by atoms with van der Waals surface area (Å²) < 4.78 is 34.3. The second kappa shape index (κ2) is 12.3. The predicted molar refractivity (Wildman–Crippen MR) is 146 cm³/mol. The monoisotopic (exact) mass is 550 g/mol. The third-order valence-electron chi connectivity index (χ3n) is 5.92. The molecule has 0 saturated heterocycles. The molecular formula is C28H28F2N6O4. The Morgan fingerprint density at radius 1 is 1.18 bits per heavy atom. The van der Waals surface area contributed by atoms with Gasteiger partial charge in [0.2, 0.25) is 11.8 Å². The highest BCUT2D eigenvalue weighted by Crippen LogP contribution is 2.30. The fourth-order valence-electron chi connectivity index (χ4n) is 3.77. The minimum Gasteiger partial charge on any atom is -0.452 e. The molecule has 0 spiro atoms. The third-order valence-corrected chi connectivity index (χ3v) is 5.92. The van der Waals surface area contributed by atoms with Gasteiger partial charge in [0.15, 0.2) is 17.3 Å². The van der Waals surface area contributed by atoms with Crippen LogP contribution in [0.5, 0.6) is 11.5 Å². The highest BCUT2D eigenvalue weighted by atomic mass is 19.1. The fraction of sp³-hybridized carbons (Fsp3) is 0.214. The minimum atomic E-state index is -0.882. The number of nitrogens with zero attached hydrogens (tertiary/aromatic N) is 3. The zero-order valence-electron chi connectivity index (χ0n) is 21.9. The number of anilines is 1. The standard InChI is InChI=1S/C28H28F2N6O4/c1-35(2)25(37)11-4-3-7-19(31)27(38)33-21-9-6-14-36(28(21)39)16-24-32-20-8-5-10-23(26(20)34-24)40-22-13-12-17(29)15-18(22)30/h4-6,8-15,19H,3,7,16,31H2,1-2H3,(H,32,34)(H,33,38)/b11-4+. The third kappa shape index (κ3) is 6.77. The van der Waals surface area contributed by atoms with Gasteiger partial charge in [-0.05, 0) is 55.3 Å². The number of H-pyrrole nitrogens is 1. The number of rotatable bonds is 10. The molecule has 10 nitrogen and oxygen atoms in total. The van der Waals surface area contributed by atoms with Gasteiger partial charge in [-0.15, -0.1) is 0 Å². The Hall–Kier alpha value is -4.84. The Bertz CT molecular complexity index is 1630. The number of imidazole rings is 1. The summed E-state index contributed by atoms with van der Waals surface area (Å²) in [6, 6.07) is 10.2. The number of nitrogens with one attached hydrogen (secondary N) is 2. The second-order valence-corrected chi connectivity index (χ2v) is 9.18. The number of carbonyl (C=O) groups excluding carboxylic acids is 2. The Morgan fingerprint density at radius 2 is 1.98 bits per heavy atom. The number of aromatic amines is 1. The van der Waals surface area contributed by atoms with Gasteiger partial charge in [-0.1, -0.05) is 12.1 Å². The Labute approximate surface area is 228 Å². The molecule has 2 aromatic carbocycles. The molecule has 2 aromatic heterocycles. The maximum absolute atomic E-state index is 14.1. The molecule has 0 bridgehead atoms. The highest BCUT2D eigenvalue weighted by Gasteiger charge is 2.16. The van der Waals surface area contributed by atoms with E-state index in [0.717, 1.165) is 12.1 Å². The molecule has 1 atom stereocenters. The number of likely N-dealkylation sites (N-methyl/N-ethyl adjacent to an activating group) is 1. The molecule has 0 aliphatic heterocycles. The molecule has 4 rings (SSSR count). The number of hydrogen-bond acceptors (Lipinski definition) is 6. The lowest BCUT2D eigenvalue weighted by Gasteiger charge is -2.12. The van der Waals surface area contributed by atoms with Crippen LogP contribution in [-0.4, -0.2) is 51.4 Å². The summed E-state index contributed by atoms with van der Waals surface area (Å²) in [5, 5.41) is 2.57. The van der Waals surface area contributed by atoms with E-state index in [1.54, 1.807) is 50.6 Å². The normalized spacial score (nSPS) is 12.0. The molecule has 1 unspecified atom stereocenters. The first-order valence-corrected chi connectivity index (χ1v) is 12.4. The van der Waals surface area contributed by atoms with Crippen LogP contribution in [0.1, 0.15) is 18.7 Å². The van der Waals surface area contributed by atoms with Crippen molar-refractivity contribution >= 4 is 28.5 Å². The van der Waals surface area contributed by atoms with Crippen LogP contribution in [0.3, 0.4) is 0 Å². The van der Waals surface area contributed by atoms with Gasteiger partial charge in [-0.3, -0.25) is 14.4 Å². The summed E-state index contributed by atoms with van der Waals surface area (Å²) in [5.41, 5.74) is 6.52. The van der Waals surface area contributed by atoms with Gasteiger partial charge in [0.1, 0.15) is 22.8 Å². The Kier molecular flexibility index (Phi) is 8.70. The summed E-state index contributed by atoms with van der Waals surface area (Å²) in [4.78, 5) is 46.2. The molecule has 208 valence electrons. The first kappa shape index (κ1) is 28.2. The summed E-state index contributed by atoms with van der Waals surface area (Å²) in [7, 11) is 3.27. The van der Waals surface area contributed by atoms with E-state index in [9.17, 15) is 23.2 Å². The zero-order valence-corrected chi connectivity index (χ0v) is 21.9. The van der Waals surface area contributed by atoms with Crippen LogP contribution >= 0.6 is 0 Å². The first-order chi connectivity index (χ1) is 19.1. The number of nitrogens with two attached hydrogens (primary N) is 1. The maximum atomic E-state index is 14.1. The molecule has 4 aromatic rings. The number of allylic oxidation sites excluding steroid dienone is 1. The van der Waals surface area contributed by atoms with Crippen molar-refractivity contribution in [3.8, 4) is 11.5 Å². The lowest BCUT2D eigenvalue weighted by molar-refractivity contribution is -0.123. The van der Waals surface area contributed by atoms with Crippen LogP contribution in [0.15, 0.2) is 71.7 Å². The van der Waals surface area contributed by atoms with E-state index >= 15 is 0 Å². The molecule has 40 heavy (non-hydrogen) atoms. The van der Waals surface area contributed by atoms with Crippen molar-refractivity contribution in [3.63, 3.8) is 0 Å². The van der Waals surface area contributed by atoms with Crippen LogP contribution in [0.4, 0.5) is 14.5 Å². The number of fused-ring (bicyclic) bond motifs is 1. The van der Waals surface area contributed by atoms with Crippen LogP contribution in [-0.2, 0) is 16.1 Å². The van der Waals surface area contributed by atoms with Crippen molar-refractivity contribution < 1.29 is 23.1 Å². The zero-order chi connectivity index (χ0) is 28.8. The number of aromatic nitrogens is 3. The number of hydrogen-bond donors (Lipinski definition) is 3. The predicted octanol–water partition coefficient (Wildman–Crippen LogP) is 3.53. The minimum absolute atomic E-state index is 0.0400. The number of benzene rings is 2. The number of ether oxygens (including phenoxy) is 1. The van der Waals surface area contributed by atoms with Crippen molar-refractivity contribution in [1.29, 1.82) is 0 Å². The molecule has 2 amide bonds. The summed E-state index contributed by atoms with van der Waals surface area (Å²) in [5.74, 6) is -1.77. The Balaban J connectivity index is 1.45. The van der Waals surface area contributed by atoms with Crippen molar-refractivity contribution in [2.24, 2.45) is 5.73 Å². The van der Waals surface area contributed by atoms with Gasteiger partial charge in [0, 0.05) is 26.4 Å². The topological polar surface area (TPSA) is 135 Å². The van der Waals surface area contributed by atoms with Crippen molar-refractivity contribution in [3.05, 3.63) is 94.7 Å². The first-order valence-electron chi connectivity index (χ1n) is 12.4. The van der Waals surface area contributed by atoms with E-state index in [1.807, 2.05) is 0 Å². The fourth-order valence-corrected chi connectivity index (χ4v) is 3.77. The van der Waals surface area contributed by atoms with Crippen LogP contribution < -0.4 is 21.3 Å². The van der Waals surface area contributed by atoms with Gasteiger partial charge in [-0.2, -0.15) is 0 Å². The van der Waals surface area contributed by atoms with Crippen molar-refractivity contribution in [2.45, 2.75) is 25.4 Å². The lowest BCUT2D eigenvalue weighted by atomic mass is 10.1. The molecule has 12 heteroatoms. The average Bonchev–Trinajstić information content (AvgIpc) is 3.33. The van der Waals surface area contributed by atoms with E-state index in [4.69, 9.17) is 10.5 Å². The highest BCUT2D eigenvalue weighted by molar-refractivity contribution is 5.94. The average molecular weight is 551 g/mol. The summed E-state index contributed by atoms with van der Waals surface area (Å²) in [6.45, 7) is 0.0400. The maximum Gasteiger partial charge on any atom is 0.274 e. The summed E-state index contributed by atoms with van der Waals surface area (Å²) in [6.07, 6.45) is 5.30. The number of amides is 2. The second-order valence-electron chi connectivity index (χ2n) is 9.18. The number of halogens is 2. The summed E-state index contributed by atoms with van der Waals surface area (Å²) >= 11 is 0. The smallest absolute Gasteiger partial charge is 0.274 e. The number of carbonyl (C=O) groups is 2. The van der Waals surface area contributed by atoms with Gasteiger partial charge >= 0.3 is 0 Å². The molecular weight excluding hydrogens is 522 g/mol. The molecule has 0 saturated carbocycles. The van der Waals surface area contributed by atoms with Crippen molar-refractivity contribution in [2.75, 3.05) is 19.4 Å². The molecule has 0 aliphatic carbocycles. The van der Waals surface area contributed by atoms with E-state index < -0.39 is 29.1 Å². The largest absolute Gasteiger partial charge is 0.452 e. The quantitative estimate of drug-likeness (QED) is 0.259. The van der Waals surface area contributed by atoms with E-state index in [1.165, 1.54) is 27.7 Å². The number of pyridine rings is 1.